The number of esters is 1. The third kappa shape index (κ3) is 4.53. The van der Waals surface area contributed by atoms with Gasteiger partial charge in [0.05, 0.1) is 13.0 Å². The van der Waals surface area contributed by atoms with Crippen molar-refractivity contribution in [1.29, 1.82) is 0 Å². The molecule has 0 bridgehead atoms. The molecule has 148 valence electrons. The fourth-order valence-corrected chi connectivity index (χ4v) is 3.52. The molecule has 5 heteroatoms. The monoisotopic (exact) mass is 381 g/mol. The van der Waals surface area contributed by atoms with Crippen LogP contribution in [0.2, 0.25) is 0 Å². The minimum absolute atomic E-state index is 0.126. The first-order valence-electron chi connectivity index (χ1n) is 9.50. The average molecular weight is 381 g/mol. The summed E-state index contributed by atoms with van der Waals surface area (Å²) in [5.74, 6) is -0.832. The van der Waals surface area contributed by atoms with Crippen molar-refractivity contribution in [1.82, 2.24) is 4.90 Å². The molecular weight excluding hydrogens is 354 g/mol. The zero-order chi connectivity index (χ0) is 20.3. The van der Waals surface area contributed by atoms with Gasteiger partial charge in [0, 0.05) is 19.0 Å². The van der Waals surface area contributed by atoms with Gasteiger partial charge in [0.2, 0.25) is 0 Å². The summed E-state index contributed by atoms with van der Waals surface area (Å²) in [6.07, 6.45) is 3.64. The maximum absolute atomic E-state index is 12.4. The Bertz CT molecular complexity index is 892. The largest absolute Gasteiger partial charge is 0.469 e. The topological polar surface area (TPSA) is 55.8 Å². The first kappa shape index (κ1) is 19.9. The SMILES string of the molecule is COC(=O)[C@H]1CN(C(=O)OC(C)(C)C)C[C@@H]1C=Cc1cccc2ccccc12. The van der Waals surface area contributed by atoms with Gasteiger partial charge in [0.1, 0.15) is 5.60 Å². The van der Waals surface area contributed by atoms with Crippen LogP contribution in [0.5, 0.6) is 0 Å². The van der Waals surface area contributed by atoms with E-state index in [1.165, 1.54) is 7.11 Å². The highest BCUT2D eigenvalue weighted by atomic mass is 16.6. The van der Waals surface area contributed by atoms with Crippen LogP contribution in [0.1, 0.15) is 26.3 Å². The zero-order valence-electron chi connectivity index (χ0n) is 16.8. The van der Waals surface area contributed by atoms with Crippen LogP contribution < -0.4 is 0 Å². The molecule has 0 radical (unpaired) electrons. The van der Waals surface area contributed by atoms with E-state index in [1.807, 2.05) is 57.2 Å². The number of ether oxygens (including phenoxy) is 2. The van der Waals surface area contributed by atoms with Gasteiger partial charge in [-0.3, -0.25) is 4.79 Å². The number of nitrogens with zero attached hydrogens (tertiary/aromatic N) is 1. The predicted octanol–water partition coefficient (Wildman–Crippen LogP) is 4.51. The number of rotatable bonds is 3. The van der Waals surface area contributed by atoms with Crippen molar-refractivity contribution in [3.8, 4) is 0 Å². The highest BCUT2D eigenvalue weighted by Gasteiger charge is 2.40. The molecule has 0 N–H and O–H groups in total. The Morgan fingerprint density at radius 2 is 1.79 bits per heavy atom. The molecule has 0 saturated carbocycles. The Labute approximate surface area is 165 Å². The number of likely N-dealkylation sites (tertiary alicyclic amines) is 1. The summed E-state index contributed by atoms with van der Waals surface area (Å²) < 4.78 is 10.4. The number of amides is 1. The van der Waals surface area contributed by atoms with Crippen LogP contribution in [-0.2, 0) is 14.3 Å². The van der Waals surface area contributed by atoms with Gasteiger partial charge in [-0.1, -0.05) is 54.6 Å². The molecule has 1 aliphatic rings. The van der Waals surface area contributed by atoms with E-state index in [-0.39, 0.29) is 11.9 Å². The summed E-state index contributed by atoms with van der Waals surface area (Å²) in [5.41, 5.74) is 0.506. The third-order valence-corrected chi connectivity index (χ3v) is 4.87. The lowest BCUT2D eigenvalue weighted by molar-refractivity contribution is -0.145. The molecule has 0 aliphatic carbocycles. The zero-order valence-corrected chi connectivity index (χ0v) is 16.8. The van der Waals surface area contributed by atoms with Crippen molar-refractivity contribution in [2.24, 2.45) is 11.8 Å². The van der Waals surface area contributed by atoms with Gasteiger partial charge in [-0.05, 0) is 37.1 Å². The molecule has 1 saturated heterocycles. The minimum atomic E-state index is -0.575. The molecule has 3 rings (SSSR count). The maximum atomic E-state index is 12.4. The van der Waals surface area contributed by atoms with E-state index in [4.69, 9.17) is 9.47 Å². The standard InChI is InChI=1S/C23H27NO4/c1-23(2,3)28-22(26)24-14-18(20(15-24)21(25)27-4)13-12-17-10-7-9-16-8-5-6-11-19(16)17/h5-13,18,20H,14-15H2,1-4H3/t18-,20-/m0/s1. The van der Waals surface area contributed by atoms with Crippen LogP contribution in [0.4, 0.5) is 4.79 Å². The number of hydrogen-bond acceptors (Lipinski definition) is 4. The van der Waals surface area contributed by atoms with E-state index in [0.29, 0.717) is 13.1 Å². The fraction of sp³-hybridized carbons (Fsp3) is 0.391. The molecule has 1 aliphatic heterocycles. The molecule has 1 heterocycles. The highest BCUT2D eigenvalue weighted by Crippen LogP contribution is 2.29. The smallest absolute Gasteiger partial charge is 0.410 e. The van der Waals surface area contributed by atoms with E-state index in [0.717, 1.165) is 16.3 Å². The van der Waals surface area contributed by atoms with Gasteiger partial charge < -0.3 is 14.4 Å². The minimum Gasteiger partial charge on any atom is -0.469 e. The lowest BCUT2D eigenvalue weighted by Crippen LogP contribution is -2.36. The third-order valence-electron chi connectivity index (χ3n) is 4.87. The van der Waals surface area contributed by atoms with E-state index in [9.17, 15) is 9.59 Å². The number of benzene rings is 2. The molecule has 5 nitrogen and oxygen atoms in total. The number of carbonyl (C=O) groups is 2. The fourth-order valence-electron chi connectivity index (χ4n) is 3.52. The Kier molecular flexibility index (Phi) is 5.73. The first-order chi connectivity index (χ1) is 13.3. The molecular formula is C23H27NO4. The van der Waals surface area contributed by atoms with Crippen molar-refractivity contribution < 1.29 is 19.1 Å². The molecule has 0 aromatic heterocycles. The summed E-state index contributed by atoms with van der Waals surface area (Å²) in [7, 11) is 1.38. The van der Waals surface area contributed by atoms with Crippen LogP contribution in [0, 0.1) is 11.8 Å². The molecule has 2 atom stereocenters. The van der Waals surface area contributed by atoms with Gasteiger partial charge in [-0.25, -0.2) is 4.79 Å². The van der Waals surface area contributed by atoms with Crippen molar-refractivity contribution in [2.75, 3.05) is 20.2 Å². The molecule has 1 fully saturated rings. The first-order valence-corrected chi connectivity index (χ1v) is 9.50. The van der Waals surface area contributed by atoms with Crippen molar-refractivity contribution in [3.63, 3.8) is 0 Å². The average Bonchev–Trinajstić information content (AvgIpc) is 3.09. The number of methoxy groups -OCH3 is 1. The van der Waals surface area contributed by atoms with Crippen LogP contribution in [0.3, 0.4) is 0 Å². The van der Waals surface area contributed by atoms with Gasteiger partial charge in [-0.15, -0.1) is 0 Å². The van der Waals surface area contributed by atoms with Crippen molar-refractivity contribution >= 4 is 28.9 Å². The van der Waals surface area contributed by atoms with E-state index >= 15 is 0 Å². The summed E-state index contributed by atoms with van der Waals surface area (Å²) in [5, 5.41) is 2.31. The molecule has 0 spiro atoms. The van der Waals surface area contributed by atoms with Crippen molar-refractivity contribution in [2.45, 2.75) is 26.4 Å². The molecule has 28 heavy (non-hydrogen) atoms. The molecule has 0 unspecified atom stereocenters. The Morgan fingerprint density at radius 1 is 1.07 bits per heavy atom. The number of hydrogen-bond donors (Lipinski definition) is 0. The Morgan fingerprint density at radius 3 is 2.50 bits per heavy atom. The highest BCUT2D eigenvalue weighted by molar-refractivity contribution is 5.90. The lowest BCUT2D eigenvalue weighted by atomic mass is 9.94. The summed E-state index contributed by atoms with van der Waals surface area (Å²) >= 11 is 0. The Hall–Kier alpha value is -2.82. The summed E-state index contributed by atoms with van der Waals surface area (Å²) in [4.78, 5) is 26.3. The molecule has 1 amide bonds. The van der Waals surface area contributed by atoms with Gasteiger partial charge >= 0.3 is 12.1 Å². The van der Waals surface area contributed by atoms with Crippen LogP contribution >= 0.6 is 0 Å². The van der Waals surface area contributed by atoms with E-state index in [2.05, 4.69) is 18.2 Å². The number of carbonyl (C=O) groups excluding carboxylic acids is 2. The Balaban J connectivity index is 1.82. The van der Waals surface area contributed by atoms with Gasteiger partial charge in [0.15, 0.2) is 0 Å². The van der Waals surface area contributed by atoms with Crippen LogP contribution in [0.15, 0.2) is 48.5 Å². The van der Waals surface area contributed by atoms with E-state index < -0.39 is 17.6 Å². The quantitative estimate of drug-likeness (QED) is 0.734. The van der Waals surface area contributed by atoms with Crippen molar-refractivity contribution in [3.05, 3.63) is 54.1 Å². The second kappa shape index (κ2) is 8.05. The normalized spacial score (nSPS) is 19.9. The van der Waals surface area contributed by atoms with Crippen LogP contribution in [0.25, 0.3) is 16.8 Å². The predicted molar refractivity (Wildman–Crippen MR) is 110 cm³/mol. The second-order valence-electron chi connectivity index (χ2n) is 8.11. The maximum Gasteiger partial charge on any atom is 0.410 e. The molecule has 2 aromatic carbocycles. The van der Waals surface area contributed by atoms with E-state index in [1.54, 1.807) is 4.90 Å². The summed E-state index contributed by atoms with van der Waals surface area (Å²) in [6.45, 7) is 6.21. The van der Waals surface area contributed by atoms with Gasteiger partial charge in [-0.2, -0.15) is 0 Å². The lowest BCUT2D eigenvalue weighted by Gasteiger charge is -2.24. The van der Waals surface area contributed by atoms with Crippen LogP contribution in [-0.4, -0.2) is 42.8 Å². The second-order valence-corrected chi connectivity index (χ2v) is 8.11. The van der Waals surface area contributed by atoms with Gasteiger partial charge in [0.25, 0.3) is 0 Å². The molecule has 2 aromatic rings. The number of fused-ring (bicyclic) bond motifs is 1. The summed E-state index contributed by atoms with van der Waals surface area (Å²) in [6, 6.07) is 14.3.